The number of carbonyl (C=O) groups excluding carboxylic acids is 1. The van der Waals surface area contributed by atoms with Gasteiger partial charge in [-0.2, -0.15) is 0 Å². The number of benzodiazepines with no additional fused rings is 1. The minimum atomic E-state index is 0.0225. The summed E-state index contributed by atoms with van der Waals surface area (Å²) in [5.41, 5.74) is 7.39. The second-order valence-corrected chi connectivity index (χ2v) is 6.96. The molecule has 1 aliphatic rings. The summed E-state index contributed by atoms with van der Waals surface area (Å²) in [7, 11) is 0. The van der Waals surface area contributed by atoms with Crippen LogP contribution in [0.1, 0.15) is 27.8 Å². The van der Waals surface area contributed by atoms with Gasteiger partial charge >= 0.3 is 0 Å². The molecule has 0 aromatic heterocycles. The van der Waals surface area contributed by atoms with Crippen molar-refractivity contribution in [1.82, 2.24) is 0 Å². The van der Waals surface area contributed by atoms with E-state index in [4.69, 9.17) is 0 Å². The van der Waals surface area contributed by atoms with Crippen LogP contribution in [0, 0.1) is 13.8 Å². The Morgan fingerprint density at radius 2 is 1.67 bits per heavy atom. The van der Waals surface area contributed by atoms with Crippen LogP contribution in [0.3, 0.4) is 0 Å². The maximum absolute atomic E-state index is 13.0. The van der Waals surface area contributed by atoms with Crippen LogP contribution in [0.25, 0.3) is 0 Å². The summed E-state index contributed by atoms with van der Waals surface area (Å²) in [6.45, 7) is 4.89. The van der Waals surface area contributed by atoms with E-state index >= 15 is 0 Å². The zero-order chi connectivity index (χ0) is 18.8. The summed E-state index contributed by atoms with van der Waals surface area (Å²) in [6, 6.07) is 24.5. The Kier molecular flexibility index (Phi) is 4.59. The Bertz CT molecular complexity index is 1020. The zero-order valence-corrected chi connectivity index (χ0v) is 15.6. The topological polar surface area (TPSA) is 32.7 Å². The van der Waals surface area contributed by atoms with Crippen molar-refractivity contribution in [3.8, 4) is 0 Å². The molecule has 134 valence electrons. The Balaban J connectivity index is 1.80. The van der Waals surface area contributed by atoms with Crippen molar-refractivity contribution in [2.75, 3.05) is 11.4 Å². The van der Waals surface area contributed by atoms with Gasteiger partial charge in [0, 0.05) is 11.1 Å². The second-order valence-electron chi connectivity index (χ2n) is 6.96. The predicted octanol–water partition coefficient (Wildman–Crippen LogP) is 4.69. The molecule has 1 amide bonds. The van der Waals surface area contributed by atoms with Crippen LogP contribution in [0.4, 0.5) is 5.69 Å². The monoisotopic (exact) mass is 354 g/mol. The highest BCUT2D eigenvalue weighted by Gasteiger charge is 2.25. The molecule has 1 aliphatic heterocycles. The van der Waals surface area contributed by atoms with Gasteiger partial charge in [-0.15, -0.1) is 0 Å². The number of aliphatic imine (C=N–C) groups is 1. The van der Waals surface area contributed by atoms with E-state index < -0.39 is 0 Å². The lowest BCUT2D eigenvalue weighted by molar-refractivity contribution is -0.117. The van der Waals surface area contributed by atoms with Gasteiger partial charge in [-0.3, -0.25) is 9.79 Å². The number of amides is 1. The van der Waals surface area contributed by atoms with E-state index in [-0.39, 0.29) is 12.5 Å². The molecule has 0 aliphatic carbocycles. The van der Waals surface area contributed by atoms with Crippen LogP contribution in [0.5, 0.6) is 0 Å². The quantitative estimate of drug-likeness (QED) is 0.672. The van der Waals surface area contributed by atoms with E-state index in [0.717, 1.165) is 22.5 Å². The maximum atomic E-state index is 13.0. The average Bonchev–Trinajstić information content (AvgIpc) is 2.83. The number of para-hydroxylation sites is 1. The van der Waals surface area contributed by atoms with Gasteiger partial charge in [0.05, 0.1) is 17.9 Å². The average molecular weight is 354 g/mol. The molecule has 3 aromatic carbocycles. The van der Waals surface area contributed by atoms with Crippen LogP contribution in [0.15, 0.2) is 77.8 Å². The van der Waals surface area contributed by atoms with Gasteiger partial charge in [-0.25, -0.2) is 0 Å². The minimum Gasteiger partial charge on any atom is -0.306 e. The van der Waals surface area contributed by atoms with Gasteiger partial charge in [0.2, 0.25) is 5.91 Å². The van der Waals surface area contributed by atoms with Crippen LogP contribution in [-0.4, -0.2) is 18.2 Å². The highest BCUT2D eigenvalue weighted by molar-refractivity contribution is 6.19. The number of rotatable bonds is 3. The lowest BCUT2D eigenvalue weighted by atomic mass is 9.99. The number of aryl methyl sites for hydroxylation is 2. The van der Waals surface area contributed by atoms with Gasteiger partial charge in [-0.05, 0) is 31.0 Å². The molecule has 0 saturated carbocycles. The molecule has 0 N–H and O–H groups in total. The van der Waals surface area contributed by atoms with Crippen LogP contribution in [0.2, 0.25) is 0 Å². The molecule has 0 bridgehead atoms. The fraction of sp³-hybridized carbons (Fsp3) is 0.167. The Hall–Kier alpha value is -3.20. The first-order chi connectivity index (χ1) is 13.1. The Labute approximate surface area is 160 Å². The lowest BCUT2D eigenvalue weighted by Crippen LogP contribution is -2.32. The van der Waals surface area contributed by atoms with E-state index in [2.05, 4.69) is 43.1 Å². The van der Waals surface area contributed by atoms with Crippen molar-refractivity contribution >= 4 is 17.3 Å². The molecule has 27 heavy (non-hydrogen) atoms. The lowest BCUT2D eigenvalue weighted by Gasteiger charge is -2.24. The van der Waals surface area contributed by atoms with Gasteiger partial charge in [0.25, 0.3) is 0 Å². The fourth-order valence-corrected chi connectivity index (χ4v) is 3.52. The summed E-state index contributed by atoms with van der Waals surface area (Å²) in [5, 5.41) is 0. The highest BCUT2D eigenvalue weighted by Crippen LogP contribution is 2.28. The summed E-state index contributed by atoms with van der Waals surface area (Å²) in [6.07, 6.45) is 0. The van der Waals surface area contributed by atoms with Gasteiger partial charge in [-0.1, -0.05) is 72.3 Å². The van der Waals surface area contributed by atoms with Crippen LogP contribution < -0.4 is 4.90 Å². The summed E-state index contributed by atoms with van der Waals surface area (Å²) in [5.74, 6) is 0.0225. The van der Waals surface area contributed by atoms with Crippen molar-refractivity contribution in [2.45, 2.75) is 20.4 Å². The molecular formula is C24H22N2O. The molecule has 3 nitrogen and oxygen atoms in total. The van der Waals surface area contributed by atoms with Crippen molar-refractivity contribution in [3.05, 3.63) is 101 Å². The van der Waals surface area contributed by atoms with Crippen LogP contribution in [-0.2, 0) is 11.3 Å². The molecule has 3 heteroatoms. The van der Waals surface area contributed by atoms with E-state index in [9.17, 15) is 4.79 Å². The normalized spacial score (nSPS) is 13.8. The molecule has 0 radical (unpaired) electrons. The number of hydrogen-bond donors (Lipinski definition) is 0. The standard InChI is InChI=1S/C24H22N2O/c1-17-12-13-18(2)20(14-17)16-26-22-11-7-6-10-21(22)24(25-15-23(26)27)19-8-4-3-5-9-19/h3-14H,15-16H2,1-2H3. The third-order valence-electron chi connectivity index (χ3n) is 5.00. The number of anilines is 1. The van der Waals surface area contributed by atoms with Crippen LogP contribution >= 0.6 is 0 Å². The first-order valence-electron chi connectivity index (χ1n) is 9.19. The molecule has 1 heterocycles. The molecule has 4 rings (SSSR count). The first kappa shape index (κ1) is 17.2. The van der Waals surface area contributed by atoms with Gasteiger partial charge in [0.1, 0.15) is 6.54 Å². The first-order valence-corrected chi connectivity index (χ1v) is 9.19. The van der Waals surface area contributed by atoms with Crippen molar-refractivity contribution < 1.29 is 4.79 Å². The van der Waals surface area contributed by atoms with Gasteiger partial charge < -0.3 is 4.90 Å². The van der Waals surface area contributed by atoms with Gasteiger partial charge in [0.15, 0.2) is 0 Å². The van der Waals surface area contributed by atoms with E-state index in [0.29, 0.717) is 6.54 Å². The number of nitrogens with zero attached hydrogens (tertiary/aromatic N) is 2. The summed E-state index contributed by atoms with van der Waals surface area (Å²) >= 11 is 0. The molecule has 0 saturated heterocycles. The maximum Gasteiger partial charge on any atom is 0.248 e. The number of benzene rings is 3. The fourth-order valence-electron chi connectivity index (χ4n) is 3.52. The van der Waals surface area contributed by atoms with E-state index in [1.54, 1.807) is 0 Å². The summed E-state index contributed by atoms with van der Waals surface area (Å²) < 4.78 is 0. The van der Waals surface area contributed by atoms with E-state index in [1.807, 2.05) is 53.4 Å². The second kappa shape index (κ2) is 7.20. The molecular weight excluding hydrogens is 332 g/mol. The van der Waals surface area contributed by atoms with E-state index in [1.165, 1.54) is 16.7 Å². The zero-order valence-electron chi connectivity index (χ0n) is 15.6. The smallest absolute Gasteiger partial charge is 0.248 e. The van der Waals surface area contributed by atoms with Crippen molar-refractivity contribution in [3.63, 3.8) is 0 Å². The van der Waals surface area contributed by atoms with Crippen molar-refractivity contribution in [1.29, 1.82) is 0 Å². The third-order valence-corrected chi connectivity index (χ3v) is 5.00. The third kappa shape index (κ3) is 3.41. The molecule has 3 aromatic rings. The SMILES string of the molecule is Cc1ccc(C)c(CN2C(=O)CN=C(c3ccccc3)c3ccccc32)c1. The number of carbonyl (C=O) groups is 1. The molecule has 0 fully saturated rings. The Morgan fingerprint density at radius 1 is 0.926 bits per heavy atom. The molecule has 0 unspecified atom stereocenters. The molecule has 0 atom stereocenters. The summed E-state index contributed by atoms with van der Waals surface area (Å²) in [4.78, 5) is 19.5. The minimum absolute atomic E-state index is 0.0225. The highest BCUT2D eigenvalue weighted by atomic mass is 16.2. The van der Waals surface area contributed by atoms with Crippen molar-refractivity contribution in [2.24, 2.45) is 4.99 Å². The largest absolute Gasteiger partial charge is 0.306 e. The molecule has 0 spiro atoms. The number of fused-ring (bicyclic) bond motifs is 1. The predicted molar refractivity (Wildman–Crippen MR) is 110 cm³/mol. The Morgan fingerprint density at radius 3 is 2.48 bits per heavy atom. The number of hydrogen-bond acceptors (Lipinski definition) is 2.